The zero-order chi connectivity index (χ0) is 16.1. The van der Waals surface area contributed by atoms with Gasteiger partial charge in [0.25, 0.3) is 11.7 Å². The quantitative estimate of drug-likeness (QED) is 0.508. The molecule has 0 aromatic carbocycles. The first kappa shape index (κ1) is 14.1. The molecule has 0 spiro atoms. The van der Waals surface area contributed by atoms with Crippen molar-refractivity contribution in [2.45, 2.75) is 20.7 Å². The fourth-order valence-corrected chi connectivity index (χ4v) is 3.48. The number of pyridine rings is 2. The average Bonchev–Trinajstić information content (AvgIpc) is 2.88. The van der Waals surface area contributed by atoms with Crippen LogP contribution in [0.1, 0.15) is 18.1 Å². The Labute approximate surface area is 136 Å². The van der Waals surface area contributed by atoms with Crippen molar-refractivity contribution in [1.82, 2.24) is 4.98 Å². The monoisotopic (exact) mass is 304 g/mol. The molecule has 0 radical (unpaired) electrons. The van der Waals surface area contributed by atoms with Crippen LogP contribution in [0.5, 0.6) is 0 Å². The molecule has 0 fully saturated rings. The van der Waals surface area contributed by atoms with E-state index in [1.54, 1.807) is 6.20 Å². The van der Waals surface area contributed by atoms with Gasteiger partial charge in [-0.3, -0.25) is 4.81 Å². The minimum Gasteiger partial charge on any atom is -0.404 e. The van der Waals surface area contributed by atoms with Gasteiger partial charge in [-0.2, -0.15) is 0 Å². The maximum atomic E-state index is 6.14. The number of nitrogens with zero attached hydrogens (tertiary/aromatic N) is 3. The average molecular weight is 304 g/mol. The van der Waals surface area contributed by atoms with Crippen molar-refractivity contribution < 1.29 is 8.98 Å². The first-order chi connectivity index (χ1) is 11.1. The SMILES string of the molecule is CB1C=C(C)c2c(oc3ncccc23)N1c1ccc(C)c[n+]1C. The van der Waals surface area contributed by atoms with E-state index < -0.39 is 0 Å². The summed E-state index contributed by atoms with van der Waals surface area (Å²) in [4.78, 5) is 6.62. The highest BCUT2D eigenvalue weighted by molar-refractivity contribution is 6.70. The fourth-order valence-electron chi connectivity index (χ4n) is 3.48. The summed E-state index contributed by atoms with van der Waals surface area (Å²) in [6, 6.07) is 8.31. The minimum absolute atomic E-state index is 0.219. The van der Waals surface area contributed by atoms with Gasteiger partial charge in [0.15, 0.2) is 0 Å². The molecule has 0 atom stereocenters. The van der Waals surface area contributed by atoms with Gasteiger partial charge >= 0.3 is 6.85 Å². The lowest BCUT2D eigenvalue weighted by molar-refractivity contribution is -0.658. The van der Waals surface area contributed by atoms with Crippen molar-refractivity contribution in [3.05, 3.63) is 53.8 Å². The number of hydrogen-bond acceptors (Lipinski definition) is 3. The summed E-state index contributed by atoms with van der Waals surface area (Å²) in [7, 11) is 2.07. The molecule has 0 saturated heterocycles. The number of hydrogen-bond donors (Lipinski definition) is 0. The van der Waals surface area contributed by atoms with Crippen molar-refractivity contribution in [3.63, 3.8) is 0 Å². The van der Waals surface area contributed by atoms with Gasteiger partial charge in [-0.1, -0.05) is 5.98 Å². The second-order valence-electron chi connectivity index (χ2n) is 6.27. The Bertz CT molecular complexity index is 945. The molecular formula is C18H19BN3O+. The molecule has 114 valence electrons. The standard InChI is InChI=1S/C18H19BN3O/c1-12-7-8-15(21(4)11-12)22-18-16(13(2)10-19(22)3)14-6-5-9-20-17(14)23-18/h5-11H,1-4H3/q+1. The molecule has 0 amide bonds. The van der Waals surface area contributed by atoms with Gasteiger partial charge in [-0.25, -0.2) is 9.55 Å². The lowest BCUT2D eigenvalue weighted by Gasteiger charge is -2.24. The highest BCUT2D eigenvalue weighted by atomic mass is 16.4. The summed E-state index contributed by atoms with van der Waals surface area (Å²) in [6.07, 6.45) is 3.91. The van der Waals surface area contributed by atoms with Crippen LogP contribution in [0.25, 0.3) is 16.7 Å². The van der Waals surface area contributed by atoms with Gasteiger partial charge < -0.3 is 4.42 Å². The van der Waals surface area contributed by atoms with E-state index in [2.05, 4.69) is 72.5 Å². The number of aryl methyl sites for hydroxylation is 2. The molecular weight excluding hydrogens is 285 g/mol. The van der Waals surface area contributed by atoms with Crippen LogP contribution in [0.4, 0.5) is 11.7 Å². The van der Waals surface area contributed by atoms with Gasteiger partial charge in [0, 0.05) is 12.3 Å². The van der Waals surface area contributed by atoms with Crippen LogP contribution in [0.3, 0.4) is 0 Å². The maximum Gasteiger partial charge on any atom is 0.406 e. The lowest BCUT2D eigenvalue weighted by atomic mass is 9.59. The molecule has 4 heterocycles. The van der Waals surface area contributed by atoms with Crippen LogP contribution in [0.15, 0.2) is 47.1 Å². The topological polar surface area (TPSA) is 33.2 Å². The lowest BCUT2D eigenvalue weighted by Crippen LogP contribution is -2.43. The number of rotatable bonds is 1. The zero-order valence-electron chi connectivity index (χ0n) is 13.9. The highest BCUT2D eigenvalue weighted by Crippen LogP contribution is 2.42. The third-order valence-electron chi connectivity index (χ3n) is 4.46. The van der Waals surface area contributed by atoms with Crippen LogP contribution in [-0.4, -0.2) is 11.8 Å². The van der Waals surface area contributed by atoms with Crippen molar-refractivity contribution in [1.29, 1.82) is 0 Å². The molecule has 4 nitrogen and oxygen atoms in total. The van der Waals surface area contributed by atoms with Gasteiger partial charge in [0.2, 0.25) is 5.71 Å². The Morgan fingerprint density at radius 1 is 1.22 bits per heavy atom. The van der Waals surface area contributed by atoms with Crippen molar-refractivity contribution >= 4 is 35.2 Å². The summed E-state index contributed by atoms with van der Waals surface area (Å²) in [6.45, 7) is 6.65. The number of allylic oxidation sites excluding steroid dienone is 1. The van der Waals surface area contributed by atoms with Crippen molar-refractivity contribution in [2.24, 2.45) is 7.05 Å². The fraction of sp³-hybridized carbons (Fsp3) is 0.222. The second kappa shape index (κ2) is 4.98. The first-order valence-electron chi connectivity index (χ1n) is 7.88. The molecule has 1 aliphatic heterocycles. The molecule has 0 aliphatic carbocycles. The zero-order valence-corrected chi connectivity index (χ0v) is 13.9. The number of aromatic nitrogens is 2. The van der Waals surface area contributed by atoms with E-state index >= 15 is 0 Å². The van der Waals surface area contributed by atoms with Gasteiger partial charge in [-0.05, 0) is 50.0 Å². The second-order valence-corrected chi connectivity index (χ2v) is 6.27. The van der Waals surface area contributed by atoms with E-state index in [1.807, 2.05) is 6.07 Å². The van der Waals surface area contributed by atoms with Crippen LogP contribution in [0.2, 0.25) is 6.82 Å². The van der Waals surface area contributed by atoms with Gasteiger partial charge in [0.05, 0.1) is 24.2 Å². The van der Waals surface area contributed by atoms with Gasteiger partial charge in [0.1, 0.15) is 0 Å². The van der Waals surface area contributed by atoms with E-state index in [0.717, 1.165) is 22.7 Å². The summed E-state index contributed by atoms with van der Waals surface area (Å²) >= 11 is 0. The van der Waals surface area contributed by atoms with E-state index in [0.29, 0.717) is 5.71 Å². The predicted octanol–water partition coefficient (Wildman–Crippen LogP) is 3.68. The smallest absolute Gasteiger partial charge is 0.404 e. The van der Waals surface area contributed by atoms with E-state index in [9.17, 15) is 0 Å². The molecule has 0 unspecified atom stereocenters. The number of furan rings is 1. The molecule has 0 N–H and O–H groups in total. The van der Waals surface area contributed by atoms with Crippen molar-refractivity contribution in [2.75, 3.05) is 4.81 Å². The molecule has 0 saturated carbocycles. The summed E-state index contributed by atoms with van der Waals surface area (Å²) in [5, 5.41) is 1.07. The van der Waals surface area contributed by atoms with E-state index in [-0.39, 0.29) is 6.85 Å². The number of anilines is 2. The summed E-state index contributed by atoms with van der Waals surface area (Å²) in [5.74, 6) is 4.27. The maximum absolute atomic E-state index is 6.14. The Kier molecular flexibility index (Phi) is 3.05. The van der Waals surface area contributed by atoms with Crippen molar-refractivity contribution in [3.8, 4) is 0 Å². The Morgan fingerprint density at radius 2 is 2.04 bits per heavy atom. The molecule has 3 aromatic heterocycles. The normalized spacial score (nSPS) is 14.2. The predicted molar refractivity (Wildman–Crippen MR) is 93.8 cm³/mol. The van der Waals surface area contributed by atoms with Crippen LogP contribution >= 0.6 is 0 Å². The third kappa shape index (κ3) is 2.07. The van der Waals surface area contributed by atoms with Crippen LogP contribution in [0, 0.1) is 6.92 Å². The Morgan fingerprint density at radius 3 is 2.83 bits per heavy atom. The third-order valence-corrected chi connectivity index (χ3v) is 4.46. The van der Waals surface area contributed by atoms with Gasteiger partial charge in [-0.15, -0.1) is 0 Å². The molecule has 23 heavy (non-hydrogen) atoms. The summed E-state index contributed by atoms with van der Waals surface area (Å²) in [5.41, 5.74) is 4.32. The molecule has 0 bridgehead atoms. The largest absolute Gasteiger partial charge is 0.406 e. The van der Waals surface area contributed by atoms with Crippen LogP contribution < -0.4 is 9.38 Å². The molecule has 4 rings (SSSR count). The highest BCUT2D eigenvalue weighted by Gasteiger charge is 2.39. The number of fused-ring (bicyclic) bond motifs is 3. The minimum atomic E-state index is 0.219. The molecule has 1 aliphatic rings. The Hall–Kier alpha value is -2.56. The Balaban J connectivity index is 1.99. The molecule has 5 heteroatoms. The van der Waals surface area contributed by atoms with E-state index in [1.165, 1.54) is 11.1 Å². The van der Waals surface area contributed by atoms with E-state index in [4.69, 9.17) is 4.42 Å². The summed E-state index contributed by atoms with van der Waals surface area (Å²) < 4.78 is 8.29. The molecule has 3 aromatic rings. The first-order valence-corrected chi connectivity index (χ1v) is 7.88. The van der Waals surface area contributed by atoms with Crippen LogP contribution in [-0.2, 0) is 7.05 Å².